The number of halogens is 1. The van der Waals surface area contributed by atoms with Crippen molar-refractivity contribution in [1.29, 1.82) is 0 Å². The fraction of sp³-hybridized carbons (Fsp3) is 0.333. The molecule has 1 aliphatic rings. The van der Waals surface area contributed by atoms with Crippen LogP contribution in [0.1, 0.15) is 0 Å². The summed E-state index contributed by atoms with van der Waals surface area (Å²) in [5, 5.41) is 11.1. The maximum Gasteiger partial charge on any atom is 0.167 e. The molecule has 0 spiro atoms. The van der Waals surface area contributed by atoms with Crippen molar-refractivity contribution in [2.24, 2.45) is 9.98 Å². The van der Waals surface area contributed by atoms with Crippen molar-refractivity contribution < 1.29 is 5.11 Å². The summed E-state index contributed by atoms with van der Waals surface area (Å²) in [6, 6.07) is 7.54. The van der Waals surface area contributed by atoms with E-state index in [0.29, 0.717) is 0 Å². The van der Waals surface area contributed by atoms with Crippen LogP contribution in [0.15, 0.2) is 34.3 Å². The lowest BCUT2D eigenvalue weighted by Crippen LogP contribution is -2.23. The van der Waals surface area contributed by atoms with Crippen molar-refractivity contribution in [2.75, 3.05) is 5.88 Å². The minimum Gasteiger partial charge on any atom is -0.388 e. The predicted octanol–water partition coefficient (Wildman–Crippen LogP) is -0.135. The van der Waals surface area contributed by atoms with Crippen LogP contribution in [-0.4, -0.2) is 23.3 Å². The van der Waals surface area contributed by atoms with E-state index in [2.05, 4.69) is 9.98 Å². The largest absolute Gasteiger partial charge is 0.388 e. The molecule has 0 radical (unpaired) electrons. The van der Waals surface area contributed by atoms with Gasteiger partial charge in [-0.05, 0) is 12.1 Å². The SMILES string of the molecule is O[C@@H](CCl)C1N=c2ccccc2=N1. The van der Waals surface area contributed by atoms with Gasteiger partial charge in [0.1, 0.15) is 6.10 Å². The van der Waals surface area contributed by atoms with Crippen molar-refractivity contribution in [2.45, 2.75) is 12.3 Å². The van der Waals surface area contributed by atoms with E-state index in [0.717, 1.165) is 10.7 Å². The molecule has 68 valence electrons. The summed E-state index contributed by atoms with van der Waals surface area (Å²) in [7, 11) is 0. The van der Waals surface area contributed by atoms with Crippen LogP contribution in [0.4, 0.5) is 0 Å². The molecule has 0 aliphatic carbocycles. The summed E-state index contributed by atoms with van der Waals surface area (Å²) >= 11 is 5.50. The average molecular weight is 197 g/mol. The Bertz CT molecular complexity index is 383. The van der Waals surface area contributed by atoms with Crippen LogP contribution in [0.25, 0.3) is 0 Å². The van der Waals surface area contributed by atoms with E-state index >= 15 is 0 Å². The van der Waals surface area contributed by atoms with Crippen molar-refractivity contribution in [1.82, 2.24) is 0 Å². The number of hydrogen-bond acceptors (Lipinski definition) is 3. The van der Waals surface area contributed by atoms with Crippen LogP contribution in [0, 0.1) is 0 Å². The number of hydrogen-bond donors (Lipinski definition) is 1. The molecule has 0 saturated carbocycles. The first kappa shape index (κ1) is 8.66. The number of fused-ring (bicyclic) bond motifs is 1. The Labute approximate surface area is 80.4 Å². The molecule has 0 bridgehead atoms. The monoisotopic (exact) mass is 196 g/mol. The second-order valence-electron chi connectivity index (χ2n) is 2.88. The highest BCUT2D eigenvalue weighted by atomic mass is 35.5. The minimum absolute atomic E-state index is 0.158. The number of aliphatic hydroxyl groups excluding tert-OH is 1. The van der Waals surface area contributed by atoms with E-state index in [1.807, 2.05) is 24.3 Å². The third-order valence-electron chi connectivity index (χ3n) is 1.93. The van der Waals surface area contributed by atoms with Gasteiger partial charge in [0.25, 0.3) is 0 Å². The minimum atomic E-state index is -0.686. The Hall–Kier alpha value is -0.930. The van der Waals surface area contributed by atoms with Gasteiger partial charge in [-0.25, -0.2) is 0 Å². The zero-order valence-corrected chi connectivity index (χ0v) is 7.65. The fourth-order valence-corrected chi connectivity index (χ4v) is 1.41. The topological polar surface area (TPSA) is 45.0 Å². The van der Waals surface area contributed by atoms with Gasteiger partial charge in [0.05, 0.1) is 16.6 Å². The summed E-state index contributed by atoms with van der Waals surface area (Å²) in [6.45, 7) is 0. The van der Waals surface area contributed by atoms with Crippen molar-refractivity contribution in [3.63, 3.8) is 0 Å². The molecule has 1 aromatic rings. The van der Waals surface area contributed by atoms with Gasteiger partial charge in [0, 0.05) is 0 Å². The number of alkyl halides is 1. The Balaban J connectivity index is 2.40. The first-order valence-corrected chi connectivity index (χ1v) is 4.59. The van der Waals surface area contributed by atoms with Gasteiger partial charge in [0.15, 0.2) is 6.17 Å². The van der Waals surface area contributed by atoms with Gasteiger partial charge in [-0.15, -0.1) is 11.6 Å². The number of rotatable bonds is 2. The summed E-state index contributed by atoms with van der Waals surface area (Å²) in [5.74, 6) is 0.158. The maximum atomic E-state index is 9.41. The molecule has 0 aromatic heterocycles. The third kappa shape index (κ3) is 1.57. The molecule has 13 heavy (non-hydrogen) atoms. The number of aliphatic hydroxyl groups is 1. The summed E-state index contributed by atoms with van der Waals surface area (Å²) < 4.78 is 0. The third-order valence-corrected chi connectivity index (χ3v) is 2.24. The van der Waals surface area contributed by atoms with Crippen LogP contribution in [-0.2, 0) is 0 Å². The molecule has 1 aliphatic heterocycles. The zero-order chi connectivity index (χ0) is 9.26. The van der Waals surface area contributed by atoms with Crippen LogP contribution in [0.3, 0.4) is 0 Å². The fourth-order valence-electron chi connectivity index (χ4n) is 1.25. The molecule has 1 atom stereocenters. The number of benzene rings is 1. The van der Waals surface area contributed by atoms with Gasteiger partial charge < -0.3 is 5.11 Å². The van der Waals surface area contributed by atoms with E-state index in [-0.39, 0.29) is 5.88 Å². The summed E-state index contributed by atoms with van der Waals surface area (Å²) in [4.78, 5) is 8.44. The zero-order valence-electron chi connectivity index (χ0n) is 6.89. The lowest BCUT2D eigenvalue weighted by Gasteiger charge is -2.08. The number of para-hydroxylation sites is 2. The molecule has 4 heteroatoms. The second kappa shape index (κ2) is 3.44. The molecule has 3 nitrogen and oxygen atoms in total. The van der Waals surface area contributed by atoms with Crippen LogP contribution < -0.4 is 10.7 Å². The molecule has 0 saturated heterocycles. The van der Waals surface area contributed by atoms with E-state index in [4.69, 9.17) is 11.6 Å². The molecule has 0 fully saturated rings. The number of nitrogens with zero attached hydrogens (tertiary/aromatic N) is 2. The summed E-state index contributed by atoms with van der Waals surface area (Å²) in [5.41, 5.74) is 0. The van der Waals surface area contributed by atoms with Gasteiger partial charge in [-0.2, -0.15) is 0 Å². The van der Waals surface area contributed by atoms with Gasteiger partial charge in [-0.3, -0.25) is 9.98 Å². The van der Waals surface area contributed by atoms with Gasteiger partial charge >= 0.3 is 0 Å². The molecule has 0 amide bonds. The molecule has 0 unspecified atom stereocenters. The quantitative estimate of drug-likeness (QED) is 0.658. The lowest BCUT2D eigenvalue weighted by atomic mass is 10.3. The first-order valence-electron chi connectivity index (χ1n) is 4.06. The standard InChI is InChI=1S/C9H9ClN2O/c10-5-8(13)9-11-6-3-1-2-4-7(6)12-9/h1-4,8-9,13H,5H2/t8-/m0/s1. The van der Waals surface area contributed by atoms with Gasteiger partial charge in [0.2, 0.25) is 0 Å². The van der Waals surface area contributed by atoms with Crippen LogP contribution >= 0.6 is 11.6 Å². The molecular weight excluding hydrogens is 188 g/mol. The Morgan fingerprint density at radius 3 is 2.31 bits per heavy atom. The highest BCUT2D eigenvalue weighted by molar-refractivity contribution is 6.18. The molecule has 1 aromatic carbocycles. The van der Waals surface area contributed by atoms with Crippen molar-refractivity contribution >= 4 is 11.6 Å². The van der Waals surface area contributed by atoms with Crippen LogP contribution in [0.5, 0.6) is 0 Å². The normalized spacial score (nSPS) is 17.4. The highest BCUT2D eigenvalue weighted by Gasteiger charge is 2.18. The average Bonchev–Trinajstić information content (AvgIpc) is 2.59. The second-order valence-corrected chi connectivity index (χ2v) is 3.19. The smallest absolute Gasteiger partial charge is 0.167 e. The Morgan fingerprint density at radius 1 is 1.31 bits per heavy atom. The Kier molecular flexibility index (Phi) is 2.29. The molecular formula is C9H9ClN2O. The van der Waals surface area contributed by atoms with E-state index in [1.54, 1.807) is 0 Å². The molecule has 1 heterocycles. The molecule has 2 rings (SSSR count). The van der Waals surface area contributed by atoms with Crippen LogP contribution in [0.2, 0.25) is 0 Å². The highest BCUT2D eigenvalue weighted by Crippen LogP contribution is 2.03. The van der Waals surface area contributed by atoms with Crippen molar-refractivity contribution in [3.05, 3.63) is 35.0 Å². The Morgan fingerprint density at radius 2 is 1.85 bits per heavy atom. The van der Waals surface area contributed by atoms with E-state index in [9.17, 15) is 5.11 Å². The first-order chi connectivity index (χ1) is 6.31. The maximum absolute atomic E-state index is 9.41. The predicted molar refractivity (Wildman–Crippen MR) is 49.3 cm³/mol. The lowest BCUT2D eigenvalue weighted by molar-refractivity contribution is 0.170. The van der Waals surface area contributed by atoms with Crippen molar-refractivity contribution in [3.8, 4) is 0 Å². The van der Waals surface area contributed by atoms with Gasteiger partial charge in [-0.1, -0.05) is 12.1 Å². The van der Waals surface area contributed by atoms with E-state index < -0.39 is 12.3 Å². The van der Waals surface area contributed by atoms with E-state index in [1.165, 1.54) is 0 Å². The molecule has 1 N–H and O–H groups in total. The summed E-state index contributed by atoms with van der Waals surface area (Å²) in [6.07, 6.45) is -1.11.